The standard InChI is InChI=1S/C10H8ClFO3/c11-5-9(13)10(14)6-15-8-3-1-7(12)2-4-8/h1-4H,5-6H2. The van der Waals surface area contributed by atoms with E-state index >= 15 is 0 Å². The third-order valence-electron chi connectivity index (χ3n) is 1.62. The van der Waals surface area contributed by atoms with Crippen LogP contribution in [0.25, 0.3) is 0 Å². The highest BCUT2D eigenvalue weighted by molar-refractivity contribution is 6.47. The summed E-state index contributed by atoms with van der Waals surface area (Å²) in [5, 5.41) is 0. The Morgan fingerprint density at radius 1 is 1.20 bits per heavy atom. The predicted molar refractivity (Wildman–Crippen MR) is 52.6 cm³/mol. The zero-order chi connectivity index (χ0) is 11.3. The summed E-state index contributed by atoms with van der Waals surface area (Å²) < 4.78 is 17.4. The average Bonchev–Trinajstić information content (AvgIpc) is 2.26. The predicted octanol–water partition coefficient (Wildman–Crippen LogP) is 1.58. The number of carbonyl (C=O) groups is 2. The van der Waals surface area contributed by atoms with Crippen LogP contribution in [0.5, 0.6) is 5.75 Å². The maximum absolute atomic E-state index is 12.5. The van der Waals surface area contributed by atoms with Gasteiger partial charge >= 0.3 is 0 Å². The van der Waals surface area contributed by atoms with Gasteiger partial charge in [-0.2, -0.15) is 0 Å². The summed E-state index contributed by atoms with van der Waals surface area (Å²) >= 11 is 5.17. The molecule has 0 saturated carbocycles. The van der Waals surface area contributed by atoms with Gasteiger partial charge in [-0.05, 0) is 24.3 Å². The number of halogens is 2. The molecule has 1 rings (SSSR count). The van der Waals surface area contributed by atoms with Gasteiger partial charge in [0.2, 0.25) is 11.6 Å². The van der Waals surface area contributed by atoms with Gasteiger partial charge in [-0.1, -0.05) is 0 Å². The first-order valence-electron chi connectivity index (χ1n) is 4.14. The molecule has 1 aromatic carbocycles. The van der Waals surface area contributed by atoms with Crippen molar-refractivity contribution < 1.29 is 18.7 Å². The Kier molecular flexibility index (Phi) is 4.24. The largest absolute Gasteiger partial charge is 0.485 e. The number of hydrogen-bond acceptors (Lipinski definition) is 3. The van der Waals surface area contributed by atoms with Crippen LogP contribution in [-0.4, -0.2) is 24.1 Å². The van der Waals surface area contributed by atoms with E-state index in [4.69, 9.17) is 16.3 Å². The van der Waals surface area contributed by atoms with E-state index in [0.29, 0.717) is 5.75 Å². The Balaban J connectivity index is 2.47. The van der Waals surface area contributed by atoms with Gasteiger partial charge in [-0.15, -0.1) is 11.6 Å². The molecule has 1 aromatic rings. The van der Waals surface area contributed by atoms with E-state index in [9.17, 15) is 14.0 Å². The number of Topliss-reactive ketones (excluding diaryl/α,β-unsaturated/α-hetero) is 2. The zero-order valence-corrected chi connectivity index (χ0v) is 8.46. The molecule has 0 aliphatic heterocycles. The second-order valence-corrected chi connectivity index (χ2v) is 2.99. The first kappa shape index (κ1) is 11.7. The SMILES string of the molecule is O=C(CCl)C(=O)COc1ccc(F)cc1. The van der Waals surface area contributed by atoms with Crippen molar-refractivity contribution in [3.8, 4) is 5.75 Å². The number of rotatable bonds is 5. The molecule has 15 heavy (non-hydrogen) atoms. The maximum Gasteiger partial charge on any atom is 0.236 e. The fourth-order valence-electron chi connectivity index (χ4n) is 0.835. The summed E-state index contributed by atoms with van der Waals surface area (Å²) in [6, 6.07) is 5.13. The summed E-state index contributed by atoms with van der Waals surface area (Å²) in [7, 11) is 0. The van der Waals surface area contributed by atoms with Crippen LogP contribution in [0.15, 0.2) is 24.3 Å². The molecule has 0 aliphatic rings. The van der Waals surface area contributed by atoms with E-state index in [1.807, 2.05) is 0 Å². The van der Waals surface area contributed by atoms with Gasteiger partial charge in [0, 0.05) is 0 Å². The number of benzene rings is 1. The molecule has 0 spiro atoms. The Bertz CT molecular complexity index is 361. The molecule has 0 aliphatic carbocycles. The summed E-state index contributed by atoms with van der Waals surface area (Å²) in [5.41, 5.74) is 0. The Morgan fingerprint density at radius 2 is 1.80 bits per heavy atom. The second kappa shape index (κ2) is 5.46. The molecule has 5 heteroatoms. The van der Waals surface area contributed by atoms with Crippen molar-refractivity contribution in [1.29, 1.82) is 0 Å². The van der Waals surface area contributed by atoms with Gasteiger partial charge in [0.1, 0.15) is 11.6 Å². The summed E-state index contributed by atoms with van der Waals surface area (Å²) in [5.74, 6) is -1.82. The van der Waals surface area contributed by atoms with E-state index in [1.165, 1.54) is 24.3 Å². The topological polar surface area (TPSA) is 43.4 Å². The van der Waals surface area contributed by atoms with Crippen LogP contribution in [0.4, 0.5) is 4.39 Å². The normalized spacial score (nSPS) is 9.73. The fraction of sp³-hybridized carbons (Fsp3) is 0.200. The van der Waals surface area contributed by atoms with Crippen molar-refractivity contribution in [3.63, 3.8) is 0 Å². The van der Waals surface area contributed by atoms with Gasteiger partial charge in [-0.25, -0.2) is 4.39 Å². The molecule has 0 N–H and O–H groups in total. The molecule has 80 valence electrons. The van der Waals surface area contributed by atoms with Gasteiger partial charge in [0.25, 0.3) is 0 Å². The lowest BCUT2D eigenvalue weighted by Gasteiger charge is -2.03. The molecule has 0 radical (unpaired) electrons. The van der Waals surface area contributed by atoms with Crippen LogP contribution in [0.3, 0.4) is 0 Å². The molecule has 0 saturated heterocycles. The Labute approximate surface area is 90.8 Å². The number of carbonyl (C=O) groups excluding carboxylic acids is 2. The quantitative estimate of drug-likeness (QED) is 0.570. The zero-order valence-electron chi connectivity index (χ0n) is 7.70. The van der Waals surface area contributed by atoms with E-state index in [2.05, 4.69) is 0 Å². The van der Waals surface area contributed by atoms with Crippen molar-refractivity contribution in [2.45, 2.75) is 0 Å². The van der Waals surface area contributed by atoms with Crippen molar-refractivity contribution in [1.82, 2.24) is 0 Å². The van der Waals surface area contributed by atoms with Crippen molar-refractivity contribution >= 4 is 23.2 Å². The first-order chi connectivity index (χ1) is 7.13. The monoisotopic (exact) mass is 230 g/mol. The number of alkyl halides is 1. The van der Waals surface area contributed by atoms with Crippen LogP contribution in [0.2, 0.25) is 0 Å². The molecule has 0 unspecified atom stereocenters. The molecule has 0 heterocycles. The lowest BCUT2D eigenvalue weighted by atomic mass is 10.3. The first-order valence-corrected chi connectivity index (χ1v) is 4.67. The molecule has 0 bridgehead atoms. The molecule has 0 atom stereocenters. The molecule has 0 amide bonds. The van der Waals surface area contributed by atoms with Crippen LogP contribution < -0.4 is 4.74 Å². The highest BCUT2D eigenvalue weighted by Crippen LogP contribution is 2.10. The van der Waals surface area contributed by atoms with Gasteiger partial charge in [0.05, 0.1) is 5.88 Å². The van der Waals surface area contributed by atoms with Gasteiger partial charge < -0.3 is 4.74 Å². The minimum Gasteiger partial charge on any atom is -0.485 e. The Morgan fingerprint density at radius 3 is 2.33 bits per heavy atom. The number of hydrogen-bond donors (Lipinski definition) is 0. The van der Waals surface area contributed by atoms with E-state index in [0.717, 1.165) is 0 Å². The van der Waals surface area contributed by atoms with Gasteiger partial charge in [0.15, 0.2) is 6.61 Å². The fourth-order valence-corrected chi connectivity index (χ4v) is 0.984. The third-order valence-corrected chi connectivity index (χ3v) is 1.86. The van der Waals surface area contributed by atoms with Crippen molar-refractivity contribution in [2.24, 2.45) is 0 Å². The number of ether oxygens (including phenoxy) is 1. The van der Waals surface area contributed by atoms with E-state index in [1.54, 1.807) is 0 Å². The lowest BCUT2D eigenvalue weighted by molar-refractivity contribution is -0.136. The van der Waals surface area contributed by atoms with Crippen LogP contribution in [-0.2, 0) is 9.59 Å². The van der Waals surface area contributed by atoms with Gasteiger partial charge in [-0.3, -0.25) is 9.59 Å². The minimum atomic E-state index is -0.700. The summed E-state index contributed by atoms with van der Waals surface area (Å²) in [6.45, 7) is -0.378. The molecule has 3 nitrogen and oxygen atoms in total. The summed E-state index contributed by atoms with van der Waals surface area (Å²) in [4.78, 5) is 21.7. The van der Waals surface area contributed by atoms with Crippen molar-refractivity contribution in [3.05, 3.63) is 30.1 Å². The smallest absolute Gasteiger partial charge is 0.236 e. The number of ketones is 2. The molecular formula is C10H8ClFO3. The molecule has 0 aromatic heterocycles. The van der Waals surface area contributed by atoms with E-state index < -0.39 is 17.4 Å². The Hall–Kier alpha value is -1.42. The lowest BCUT2D eigenvalue weighted by Crippen LogP contribution is -2.22. The maximum atomic E-state index is 12.5. The average molecular weight is 231 g/mol. The third kappa shape index (κ3) is 3.67. The van der Waals surface area contributed by atoms with Crippen LogP contribution in [0.1, 0.15) is 0 Å². The highest BCUT2D eigenvalue weighted by atomic mass is 35.5. The minimum absolute atomic E-state index is 0.326. The van der Waals surface area contributed by atoms with Crippen LogP contribution in [0, 0.1) is 5.82 Å². The van der Waals surface area contributed by atoms with E-state index in [-0.39, 0.29) is 12.5 Å². The molecule has 0 fully saturated rings. The van der Waals surface area contributed by atoms with Crippen molar-refractivity contribution in [2.75, 3.05) is 12.5 Å². The highest BCUT2D eigenvalue weighted by Gasteiger charge is 2.12. The summed E-state index contributed by atoms with van der Waals surface area (Å²) in [6.07, 6.45) is 0. The molecular weight excluding hydrogens is 223 g/mol. The van der Waals surface area contributed by atoms with Crippen LogP contribution >= 0.6 is 11.6 Å². The second-order valence-electron chi connectivity index (χ2n) is 2.72.